The normalized spacial score (nSPS) is 15.7. The van der Waals surface area contributed by atoms with Gasteiger partial charge < -0.3 is 15.0 Å². The SMILES string of the molecule is C[C@H](C(=O)NCC(=O)c1ccccc1)N1CCCN(C(=O)Oc2ccccc2)CC1. The molecule has 0 bridgehead atoms. The highest BCUT2D eigenvalue weighted by atomic mass is 16.6. The summed E-state index contributed by atoms with van der Waals surface area (Å²) < 4.78 is 5.41. The van der Waals surface area contributed by atoms with E-state index >= 15 is 0 Å². The molecule has 2 aromatic carbocycles. The van der Waals surface area contributed by atoms with Gasteiger partial charge in [0.05, 0.1) is 12.6 Å². The average molecular weight is 409 g/mol. The highest BCUT2D eigenvalue weighted by Crippen LogP contribution is 2.13. The molecule has 1 aliphatic rings. The van der Waals surface area contributed by atoms with Crippen LogP contribution >= 0.6 is 0 Å². The van der Waals surface area contributed by atoms with Crippen LogP contribution in [-0.4, -0.2) is 66.3 Å². The highest BCUT2D eigenvalue weighted by molar-refractivity contribution is 5.99. The molecule has 158 valence electrons. The third-order valence-electron chi connectivity index (χ3n) is 5.18. The molecule has 1 heterocycles. The standard InChI is InChI=1S/C23H27N3O4/c1-18(22(28)24-17-21(27)19-9-4-2-5-10-19)25-13-8-14-26(16-15-25)23(29)30-20-11-6-3-7-12-20/h2-7,9-12,18H,8,13-17H2,1H3,(H,24,28)/t18-/m1/s1. The molecule has 0 aromatic heterocycles. The molecule has 7 nitrogen and oxygen atoms in total. The number of ketones is 1. The second-order valence-corrected chi connectivity index (χ2v) is 7.24. The van der Waals surface area contributed by atoms with E-state index in [2.05, 4.69) is 5.32 Å². The Balaban J connectivity index is 1.47. The van der Waals surface area contributed by atoms with Crippen molar-refractivity contribution < 1.29 is 19.1 Å². The van der Waals surface area contributed by atoms with Crippen LogP contribution in [0.1, 0.15) is 23.7 Å². The molecule has 1 saturated heterocycles. The number of ether oxygens (including phenoxy) is 1. The van der Waals surface area contributed by atoms with Gasteiger partial charge in [-0.05, 0) is 25.5 Å². The molecule has 1 N–H and O–H groups in total. The molecule has 0 radical (unpaired) electrons. The first-order valence-corrected chi connectivity index (χ1v) is 10.2. The number of nitrogens with one attached hydrogen (secondary N) is 1. The summed E-state index contributed by atoms with van der Waals surface area (Å²) in [7, 11) is 0. The van der Waals surface area contributed by atoms with E-state index in [1.165, 1.54) is 0 Å². The van der Waals surface area contributed by atoms with Crippen molar-refractivity contribution >= 4 is 17.8 Å². The summed E-state index contributed by atoms with van der Waals surface area (Å²) in [6.07, 6.45) is 0.360. The minimum Gasteiger partial charge on any atom is -0.410 e. The Hall–Kier alpha value is -3.19. The zero-order chi connectivity index (χ0) is 21.3. The van der Waals surface area contributed by atoms with Crippen LogP contribution in [0.2, 0.25) is 0 Å². The van der Waals surface area contributed by atoms with E-state index < -0.39 is 6.04 Å². The Morgan fingerprint density at radius 2 is 1.60 bits per heavy atom. The van der Waals surface area contributed by atoms with Crippen molar-refractivity contribution in [3.8, 4) is 5.75 Å². The molecular weight excluding hydrogens is 382 g/mol. The Labute approximate surface area is 176 Å². The lowest BCUT2D eigenvalue weighted by atomic mass is 10.1. The predicted molar refractivity (Wildman–Crippen MR) is 113 cm³/mol. The van der Waals surface area contributed by atoms with Crippen molar-refractivity contribution in [1.82, 2.24) is 15.1 Å². The number of carbonyl (C=O) groups is 3. The highest BCUT2D eigenvalue weighted by Gasteiger charge is 2.26. The van der Waals surface area contributed by atoms with Crippen LogP contribution in [-0.2, 0) is 4.79 Å². The van der Waals surface area contributed by atoms with Crippen LogP contribution in [0.15, 0.2) is 60.7 Å². The van der Waals surface area contributed by atoms with Gasteiger partial charge in [0.1, 0.15) is 5.75 Å². The van der Waals surface area contributed by atoms with E-state index in [0.29, 0.717) is 37.5 Å². The number of rotatable bonds is 6. The smallest absolute Gasteiger partial charge is 0.410 e. The maximum absolute atomic E-state index is 12.5. The zero-order valence-electron chi connectivity index (χ0n) is 17.1. The van der Waals surface area contributed by atoms with Gasteiger partial charge in [0.25, 0.3) is 0 Å². The molecule has 1 atom stereocenters. The molecule has 3 rings (SSSR count). The number of Topliss-reactive ketones (excluding diaryl/α,β-unsaturated/α-hetero) is 1. The first-order valence-electron chi connectivity index (χ1n) is 10.2. The topological polar surface area (TPSA) is 79.0 Å². The third kappa shape index (κ3) is 5.90. The van der Waals surface area contributed by atoms with Crippen LogP contribution in [0.5, 0.6) is 5.75 Å². The summed E-state index contributed by atoms with van der Waals surface area (Å²) in [5.41, 5.74) is 0.577. The second-order valence-electron chi connectivity index (χ2n) is 7.24. The van der Waals surface area contributed by atoms with Crippen molar-refractivity contribution in [3.05, 3.63) is 66.2 Å². The molecule has 1 fully saturated rings. The second kappa shape index (κ2) is 10.5. The fourth-order valence-corrected chi connectivity index (χ4v) is 3.37. The number of para-hydroxylation sites is 1. The lowest BCUT2D eigenvalue weighted by Crippen LogP contribution is -2.47. The van der Waals surface area contributed by atoms with Gasteiger partial charge in [0, 0.05) is 31.7 Å². The average Bonchev–Trinajstić information content (AvgIpc) is 3.04. The number of nitrogens with zero attached hydrogens (tertiary/aromatic N) is 2. The van der Waals surface area contributed by atoms with E-state index in [1.54, 1.807) is 41.3 Å². The minimum atomic E-state index is -0.390. The molecule has 2 amide bonds. The van der Waals surface area contributed by atoms with Gasteiger partial charge in [0.15, 0.2) is 5.78 Å². The fourth-order valence-electron chi connectivity index (χ4n) is 3.37. The van der Waals surface area contributed by atoms with Crippen LogP contribution in [0, 0.1) is 0 Å². The molecule has 2 aromatic rings. The summed E-state index contributed by atoms with van der Waals surface area (Å²) in [6, 6.07) is 17.5. The molecular formula is C23H27N3O4. The summed E-state index contributed by atoms with van der Waals surface area (Å²) in [5, 5.41) is 2.73. The Kier molecular flexibility index (Phi) is 7.57. The van der Waals surface area contributed by atoms with Gasteiger partial charge in [-0.2, -0.15) is 0 Å². The van der Waals surface area contributed by atoms with Gasteiger partial charge in [-0.1, -0.05) is 48.5 Å². The Morgan fingerprint density at radius 1 is 0.933 bits per heavy atom. The van der Waals surface area contributed by atoms with Crippen molar-refractivity contribution in [2.75, 3.05) is 32.7 Å². The number of benzene rings is 2. The third-order valence-corrected chi connectivity index (χ3v) is 5.18. The summed E-state index contributed by atoms with van der Waals surface area (Å²) in [6.45, 7) is 4.09. The maximum atomic E-state index is 12.5. The van der Waals surface area contributed by atoms with Gasteiger partial charge in [-0.3, -0.25) is 14.5 Å². The van der Waals surface area contributed by atoms with E-state index in [9.17, 15) is 14.4 Å². The van der Waals surface area contributed by atoms with Crippen molar-refractivity contribution in [2.45, 2.75) is 19.4 Å². The van der Waals surface area contributed by atoms with E-state index in [4.69, 9.17) is 4.74 Å². The summed E-state index contributed by atoms with van der Waals surface area (Å²) in [4.78, 5) is 40.8. The lowest BCUT2D eigenvalue weighted by Gasteiger charge is -2.26. The number of amides is 2. The van der Waals surface area contributed by atoms with Gasteiger partial charge in [-0.15, -0.1) is 0 Å². The summed E-state index contributed by atoms with van der Waals surface area (Å²) >= 11 is 0. The largest absolute Gasteiger partial charge is 0.415 e. The van der Waals surface area contributed by atoms with E-state index in [1.807, 2.05) is 36.1 Å². The molecule has 7 heteroatoms. The molecule has 0 aliphatic carbocycles. The lowest BCUT2D eigenvalue weighted by molar-refractivity contribution is -0.125. The number of carbonyl (C=O) groups excluding carboxylic acids is 3. The predicted octanol–water partition coefficient (Wildman–Crippen LogP) is 2.58. The first kappa shape index (κ1) is 21.5. The summed E-state index contributed by atoms with van der Waals surface area (Å²) in [5.74, 6) is 0.195. The molecule has 0 unspecified atom stereocenters. The van der Waals surface area contributed by atoms with Crippen LogP contribution in [0.4, 0.5) is 4.79 Å². The number of hydrogen-bond donors (Lipinski definition) is 1. The molecule has 0 saturated carbocycles. The van der Waals surface area contributed by atoms with Crippen molar-refractivity contribution in [2.24, 2.45) is 0 Å². The minimum absolute atomic E-state index is 0.0312. The van der Waals surface area contributed by atoms with Crippen molar-refractivity contribution in [1.29, 1.82) is 0 Å². The molecule has 0 spiro atoms. The Morgan fingerprint density at radius 3 is 2.30 bits per heavy atom. The van der Waals surface area contributed by atoms with E-state index in [-0.39, 0.29) is 24.3 Å². The maximum Gasteiger partial charge on any atom is 0.415 e. The quantitative estimate of drug-likeness (QED) is 0.742. The molecule has 30 heavy (non-hydrogen) atoms. The molecule has 1 aliphatic heterocycles. The zero-order valence-corrected chi connectivity index (χ0v) is 17.1. The van der Waals surface area contributed by atoms with E-state index in [0.717, 1.165) is 6.42 Å². The van der Waals surface area contributed by atoms with Gasteiger partial charge in [0.2, 0.25) is 5.91 Å². The monoisotopic (exact) mass is 409 g/mol. The van der Waals surface area contributed by atoms with Crippen LogP contribution in [0.3, 0.4) is 0 Å². The van der Waals surface area contributed by atoms with Gasteiger partial charge >= 0.3 is 6.09 Å². The fraction of sp³-hybridized carbons (Fsp3) is 0.348. The first-order chi connectivity index (χ1) is 14.5. The van der Waals surface area contributed by atoms with Crippen LogP contribution < -0.4 is 10.1 Å². The van der Waals surface area contributed by atoms with Crippen LogP contribution in [0.25, 0.3) is 0 Å². The van der Waals surface area contributed by atoms with Crippen molar-refractivity contribution in [3.63, 3.8) is 0 Å². The number of hydrogen-bond acceptors (Lipinski definition) is 5. The Bertz CT molecular complexity index is 857. The van der Waals surface area contributed by atoms with Gasteiger partial charge in [-0.25, -0.2) is 4.79 Å².